The summed E-state index contributed by atoms with van der Waals surface area (Å²) in [7, 11) is 4.22. The average Bonchev–Trinajstić information content (AvgIpc) is 2.44. The number of hydrogen-bond donors (Lipinski definition) is 1. The Morgan fingerprint density at radius 3 is 2.50 bits per heavy atom. The molecule has 0 spiro atoms. The molecule has 1 heterocycles. The second kappa shape index (κ2) is 6.02. The zero-order chi connectivity index (χ0) is 14.8. The Morgan fingerprint density at radius 1 is 1.20 bits per heavy atom. The van der Waals surface area contributed by atoms with E-state index in [0.29, 0.717) is 13.2 Å². The van der Waals surface area contributed by atoms with Crippen LogP contribution in [0.4, 0.5) is 0 Å². The van der Waals surface area contributed by atoms with Gasteiger partial charge in [-0.05, 0) is 52.6 Å². The van der Waals surface area contributed by atoms with Gasteiger partial charge >= 0.3 is 0 Å². The first-order valence-electron chi connectivity index (χ1n) is 7.20. The van der Waals surface area contributed by atoms with Crippen molar-refractivity contribution in [2.75, 3.05) is 33.9 Å². The molecule has 0 bridgehead atoms. The molecule has 0 aromatic heterocycles. The monoisotopic (exact) mass is 278 g/mol. The van der Waals surface area contributed by atoms with E-state index in [4.69, 9.17) is 9.47 Å². The van der Waals surface area contributed by atoms with Crippen LogP contribution < -0.4 is 14.8 Å². The quantitative estimate of drug-likeness (QED) is 0.897. The second-order valence-corrected chi connectivity index (χ2v) is 6.21. The third-order valence-electron chi connectivity index (χ3n) is 4.12. The topological polar surface area (TPSA) is 33.7 Å². The number of nitrogens with one attached hydrogen (secondary N) is 1. The fourth-order valence-electron chi connectivity index (χ4n) is 2.01. The molecule has 0 saturated heterocycles. The van der Waals surface area contributed by atoms with Crippen molar-refractivity contribution in [2.24, 2.45) is 0 Å². The van der Waals surface area contributed by atoms with Gasteiger partial charge in [-0.25, -0.2) is 0 Å². The predicted molar refractivity (Wildman–Crippen MR) is 81.6 cm³/mol. The maximum absolute atomic E-state index is 5.64. The van der Waals surface area contributed by atoms with Crippen molar-refractivity contribution in [1.82, 2.24) is 10.2 Å². The Kier molecular flexibility index (Phi) is 4.55. The van der Waals surface area contributed by atoms with Gasteiger partial charge in [-0.1, -0.05) is 6.07 Å². The molecule has 20 heavy (non-hydrogen) atoms. The molecule has 1 N–H and O–H groups in total. The molecule has 112 valence electrons. The van der Waals surface area contributed by atoms with Gasteiger partial charge in [-0.3, -0.25) is 0 Å². The minimum absolute atomic E-state index is 0.127. The molecule has 0 radical (unpaired) electrons. The summed E-state index contributed by atoms with van der Waals surface area (Å²) in [4.78, 5) is 2.23. The SMILES string of the molecule is CC(NCC(C)(C)N(C)C)c1ccc2c(c1)OCCO2. The zero-order valence-electron chi connectivity index (χ0n) is 13.2. The molecule has 0 amide bonds. The summed E-state index contributed by atoms with van der Waals surface area (Å²) in [6.07, 6.45) is 0. The van der Waals surface area contributed by atoms with Gasteiger partial charge in [0.15, 0.2) is 11.5 Å². The maximum Gasteiger partial charge on any atom is 0.161 e. The lowest BCUT2D eigenvalue weighted by atomic mass is 10.0. The molecule has 1 aliphatic rings. The van der Waals surface area contributed by atoms with Crippen LogP contribution in [0, 0.1) is 0 Å². The summed E-state index contributed by atoms with van der Waals surface area (Å²) in [6, 6.07) is 6.46. The van der Waals surface area contributed by atoms with Crippen molar-refractivity contribution < 1.29 is 9.47 Å². The summed E-state index contributed by atoms with van der Waals surface area (Å²) in [5.41, 5.74) is 1.35. The molecule has 1 aromatic rings. The van der Waals surface area contributed by atoms with Crippen LogP contribution in [0.5, 0.6) is 11.5 Å². The van der Waals surface area contributed by atoms with Crippen LogP contribution in [0.1, 0.15) is 32.4 Å². The third-order valence-corrected chi connectivity index (χ3v) is 4.12. The Hall–Kier alpha value is -1.26. The van der Waals surface area contributed by atoms with Gasteiger partial charge in [-0.15, -0.1) is 0 Å². The zero-order valence-corrected chi connectivity index (χ0v) is 13.2. The number of likely N-dealkylation sites (N-methyl/N-ethyl adjacent to an activating group) is 1. The standard InChI is InChI=1S/C16H26N2O2/c1-12(17-11-16(2,3)18(4)5)13-6-7-14-15(10-13)20-9-8-19-14/h6-7,10,12,17H,8-9,11H2,1-5H3. The molecular weight excluding hydrogens is 252 g/mol. The largest absolute Gasteiger partial charge is 0.486 e. The molecular formula is C16H26N2O2. The lowest BCUT2D eigenvalue weighted by Crippen LogP contribution is -2.47. The Balaban J connectivity index is 2.01. The van der Waals surface area contributed by atoms with Crippen molar-refractivity contribution in [1.29, 1.82) is 0 Å². The van der Waals surface area contributed by atoms with E-state index in [-0.39, 0.29) is 11.6 Å². The number of hydrogen-bond acceptors (Lipinski definition) is 4. The van der Waals surface area contributed by atoms with Crippen molar-refractivity contribution >= 4 is 0 Å². The highest BCUT2D eigenvalue weighted by atomic mass is 16.6. The van der Waals surface area contributed by atoms with E-state index in [0.717, 1.165) is 18.0 Å². The number of ether oxygens (including phenoxy) is 2. The molecule has 4 nitrogen and oxygen atoms in total. The third kappa shape index (κ3) is 3.44. The van der Waals surface area contributed by atoms with Gasteiger partial charge in [0.2, 0.25) is 0 Å². The molecule has 2 rings (SSSR count). The molecule has 1 atom stereocenters. The first kappa shape index (κ1) is 15.1. The van der Waals surface area contributed by atoms with E-state index >= 15 is 0 Å². The van der Waals surface area contributed by atoms with E-state index in [1.54, 1.807) is 0 Å². The highest BCUT2D eigenvalue weighted by Gasteiger charge is 2.21. The first-order chi connectivity index (χ1) is 9.40. The Morgan fingerprint density at radius 2 is 1.85 bits per heavy atom. The van der Waals surface area contributed by atoms with E-state index in [1.165, 1.54) is 5.56 Å². The Labute approximate surface area is 122 Å². The molecule has 1 aromatic carbocycles. The van der Waals surface area contributed by atoms with E-state index in [2.05, 4.69) is 57.2 Å². The minimum Gasteiger partial charge on any atom is -0.486 e. The fraction of sp³-hybridized carbons (Fsp3) is 0.625. The molecule has 1 unspecified atom stereocenters. The van der Waals surface area contributed by atoms with Crippen LogP contribution in [0.15, 0.2) is 18.2 Å². The molecule has 1 aliphatic heterocycles. The number of rotatable bonds is 5. The van der Waals surface area contributed by atoms with Gasteiger partial charge in [0.05, 0.1) is 0 Å². The molecule has 0 fully saturated rings. The predicted octanol–water partition coefficient (Wildman–Crippen LogP) is 2.45. The van der Waals surface area contributed by atoms with Crippen molar-refractivity contribution in [3.8, 4) is 11.5 Å². The molecule has 0 aliphatic carbocycles. The minimum atomic E-state index is 0.127. The highest BCUT2D eigenvalue weighted by molar-refractivity contribution is 5.44. The van der Waals surface area contributed by atoms with E-state index in [9.17, 15) is 0 Å². The summed E-state index contributed by atoms with van der Waals surface area (Å²) < 4.78 is 11.2. The summed E-state index contributed by atoms with van der Waals surface area (Å²) >= 11 is 0. The van der Waals surface area contributed by atoms with Gasteiger partial charge in [0, 0.05) is 18.1 Å². The second-order valence-electron chi connectivity index (χ2n) is 6.21. The van der Waals surface area contributed by atoms with Crippen molar-refractivity contribution in [3.05, 3.63) is 23.8 Å². The van der Waals surface area contributed by atoms with Gasteiger partial charge in [0.1, 0.15) is 13.2 Å². The van der Waals surface area contributed by atoms with Crippen LogP contribution >= 0.6 is 0 Å². The van der Waals surface area contributed by atoms with Crippen molar-refractivity contribution in [2.45, 2.75) is 32.4 Å². The number of nitrogens with zero attached hydrogens (tertiary/aromatic N) is 1. The maximum atomic E-state index is 5.64. The summed E-state index contributed by atoms with van der Waals surface area (Å²) in [5.74, 6) is 1.70. The Bertz CT molecular complexity index is 458. The number of fused-ring (bicyclic) bond motifs is 1. The van der Waals surface area contributed by atoms with Crippen LogP contribution in [-0.4, -0.2) is 44.3 Å². The van der Waals surface area contributed by atoms with Gasteiger partial charge < -0.3 is 19.7 Å². The first-order valence-corrected chi connectivity index (χ1v) is 7.20. The smallest absolute Gasteiger partial charge is 0.161 e. The van der Waals surface area contributed by atoms with Crippen LogP contribution in [0.3, 0.4) is 0 Å². The van der Waals surface area contributed by atoms with E-state index in [1.807, 2.05) is 6.07 Å². The lowest BCUT2D eigenvalue weighted by molar-refractivity contribution is 0.171. The summed E-state index contributed by atoms with van der Waals surface area (Å²) in [6.45, 7) is 8.84. The van der Waals surface area contributed by atoms with Crippen LogP contribution in [0.2, 0.25) is 0 Å². The van der Waals surface area contributed by atoms with Crippen molar-refractivity contribution in [3.63, 3.8) is 0 Å². The summed E-state index contributed by atoms with van der Waals surface area (Å²) in [5, 5.41) is 3.59. The van der Waals surface area contributed by atoms with E-state index < -0.39 is 0 Å². The average molecular weight is 278 g/mol. The fourth-order valence-corrected chi connectivity index (χ4v) is 2.01. The number of benzene rings is 1. The van der Waals surface area contributed by atoms with Gasteiger partial charge in [-0.2, -0.15) is 0 Å². The normalized spacial score (nSPS) is 16.3. The van der Waals surface area contributed by atoms with Crippen LogP contribution in [-0.2, 0) is 0 Å². The van der Waals surface area contributed by atoms with Gasteiger partial charge in [0.25, 0.3) is 0 Å². The van der Waals surface area contributed by atoms with Crippen LogP contribution in [0.25, 0.3) is 0 Å². The molecule has 4 heteroatoms. The lowest BCUT2D eigenvalue weighted by Gasteiger charge is -2.34. The molecule has 0 saturated carbocycles. The highest BCUT2D eigenvalue weighted by Crippen LogP contribution is 2.32.